The zero-order valence-electron chi connectivity index (χ0n) is 15.3. The molecule has 3 rings (SSSR count). The number of benzene rings is 2. The molecule has 26 heavy (non-hydrogen) atoms. The van der Waals surface area contributed by atoms with Crippen molar-refractivity contribution in [3.63, 3.8) is 0 Å². The molecule has 5 nitrogen and oxygen atoms in total. The summed E-state index contributed by atoms with van der Waals surface area (Å²) >= 11 is 0. The Hall–Kier alpha value is -3.08. The highest BCUT2D eigenvalue weighted by Gasteiger charge is 2.20. The predicted octanol–water partition coefficient (Wildman–Crippen LogP) is 4.58. The second-order valence-electron chi connectivity index (χ2n) is 6.47. The van der Waals surface area contributed by atoms with E-state index in [-0.39, 0.29) is 17.6 Å². The van der Waals surface area contributed by atoms with Gasteiger partial charge in [-0.15, -0.1) is 0 Å². The van der Waals surface area contributed by atoms with E-state index in [9.17, 15) is 9.59 Å². The van der Waals surface area contributed by atoms with Gasteiger partial charge in [0.05, 0.1) is 7.11 Å². The first-order chi connectivity index (χ1) is 12.4. The molecule has 134 valence electrons. The molecule has 2 aromatic carbocycles. The Kier molecular flexibility index (Phi) is 4.80. The summed E-state index contributed by atoms with van der Waals surface area (Å²) in [7, 11) is 1.56. The number of carbonyl (C=O) groups excluding carboxylic acids is 2. The molecular weight excluding hydrogens is 330 g/mol. The summed E-state index contributed by atoms with van der Waals surface area (Å²) in [6, 6.07) is 12.4. The third-order valence-corrected chi connectivity index (χ3v) is 4.27. The summed E-state index contributed by atoms with van der Waals surface area (Å²) < 4.78 is 11.0. The molecule has 0 aliphatic rings. The standard InChI is InChI=1S/C21H21NO4/c1-12(2)21(24)22-15-8-9-17-13(3)20(26-18(17)11-15)19(23)14-6-5-7-16(10-14)25-4/h5-12H,1-4H3,(H,22,24). The van der Waals surface area contributed by atoms with Crippen LogP contribution in [0, 0.1) is 12.8 Å². The van der Waals surface area contributed by atoms with Gasteiger partial charge in [-0.2, -0.15) is 0 Å². The smallest absolute Gasteiger partial charge is 0.228 e. The SMILES string of the molecule is COc1cccc(C(=O)c2oc3cc(NC(=O)C(C)C)ccc3c2C)c1. The lowest BCUT2D eigenvalue weighted by Crippen LogP contribution is -2.17. The van der Waals surface area contributed by atoms with Gasteiger partial charge in [0.2, 0.25) is 11.7 Å². The number of ketones is 1. The normalized spacial score (nSPS) is 11.0. The van der Waals surface area contributed by atoms with Crippen LogP contribution in [-0.4, -0.2) is 18.8 Å². The first-order valence-electron chi connectivity index (χ1n) is 8.43. The van der Waals surface area contributed by atoms with Crippen molar-refractivity contribution in [3.8, 4) is 5.75 Å². The number of fused-ring (bicyclic) bond motifs is 1. The highest BCUT2D eigenvalue weighted by atomic mass is 16.5. The van der Waals surface area contributed by atoms with Crippen LogP contribution in [0.5, 0.6) is 5.75 Å². The third kappa shape index (κ3) is 3.33. The molecule has 0 fully saturated rings. The van der Waals surface area contributed by atoms with Crippen LogP contribution in [0.15, 0.2) is 46.9 Å². The number of nitrogens with one attached hydrogen (secondary N) is 1. The highest BCUT2D eigenvalue weighted by molar-refractivity contribution is 6.11. The van der Waals surface area contributed by atoms with Gasteiger partial charge < -0.3 is 14.5 Å². The molecular formula is C21H21NO4. The molecule has 5 heteroatoms. The van der Waals surface area contributed by atoms with Crippen LogP contribution in [0.25, 0.3) is 11.0 Å². The van der Waals surface area contributed by atoms with Gasteiger partial charge in [0, 0.05) is 34.2 Å². The molecule has 0 unspecified atom stereocenters. The van der Waals surface area contributed by atoms with Crippen molar-refractivity contribution >= 4 is 28.3 Å². The average molecular weight is 351 g/mol. The Morgan fingerprint density at radius 3 is 2.58 bits per heavy atom. The predicted molar refractivity (Wildman–Crippen MR) is 101 cm³/mol. The topological polar surface area (TPSA) is 68.5 Å². The molecule has 0 saturated heterocycles. The van der Waals surface area contributed by atoms with Crippen LogP contribution in [0.1, 0.15) is 35.5 Å². The molecule has 0 spiro atoms. The van der Waals surface area contributed by atoms with Gasteiger partial charge >= 0.3 is 0 Å². The molecule has 3 aromatic rings. The Bertz CT molecular complexity index is 985. The summed E-state index contributed by atoms with van der Waals surface area (Å²) in [6.07, 6.45) is 0. The van der Waals surface area contributed by atoms with Gasteiger partial charge in [0.1, 0.15) is 11.3 Å². The maximum atomic E-state index is 12.8. The molecule has 0 aliphatic carbocycles. The van der Waals surface area contributed by atoms with E-state index in [4.69, 9.17) is 9.15 Å². The molecule has 0 bridgehead atoms. The zero-order chi connectivity index (χ0) is 18.8. The quantitative estimate of drug-likeness (QED) is 0.683. The maximum Gasteiger partial charge on any atom is 0.228 e. The molecule has 0 saturated carbocycles. The Morgan fingerprint density at radius 2 is 1.88 bits per heavy atom. The zero-order valence-corrected chi connectivity index (χ0v) is 15.3. The molecule has 1 aromatic heterocycles. The number of aryl methyl sites for hydroxylation is 1. The van der Waals surface area contributed by atoms with E-state index in [1.807, 2.05) is 32.9 Å². The van der Waals surface area contributed by atoms with Crippen molar-refractivity contribution in [2.75, 3.05) is 12.4 Å². The molecule has 0 atom stereocenters. The number of amides is 1. The maximum absolute atomic E-state index is 12.8. The Balaban J connectivity index is 1.97. The summed E-state index contributed by atoms with van der Waals surface area (Å²) in [4.78, 5) is 24.7. The van der Waals surface area contributed by atoms with E-state index in [1.54, 1.807) is 37.4 Å². The minimum absolute atomic E-state index is 0.0692. The number of methoxy groups -OCH3 is 1. The van der Waals surface area contributed by atoms with Gasteiger partial charge in [0.25, 0.3) is 0 Å². The number of anilines is 1. The van der Waals surface area contributed by atoms with Gasteiger partial charge in [-0.3, -0.25) is 9.59 Å². The van der Waals surface area contributed by atoms with Crippen molar-refractivity contribution in [1.29, 1.82) is 0 Å². The molecule has 0 aliphatic heterocycles. The lowest BCUT2D eigenvalue weighted by molar-refractivity contribution is -0.118. The van der Waals surface area contributed by atoms with E-state index < -0.39 is 0 Å². The van der Waals surface area contributed by atoms with Crippen LogP contribution < -0.4 is 10.1 Å². The largest absolute Gasteiger partial charge is 0.497 e. The lowest BCUT2D eigenvalue weighted by atomic mass is 10.0. The fourth-order valence-corrected chi connectivity index (χ4v) is 2.70. The lowest BCUT2D eigenvalue weighted by Gasteiger charge is -2.07. The van der Waals surface area contributed by atoms with Crippen LogP contribution in [0.3, 0.4) is 0 Å². The third-order valence-electron chi connectivity index (χ3n) is 4.27. The van der Waals surface area contributed by atoms with Crippen LogP contribution in [0.4, 0.5) is 5.69 Å². The first-order valence-corrected chi connectivity index (χ1v) is 8.43. The van der Waals surface area contributed by atoms with E-state index in [2.05, 4.69) is 5.32 Å². The molecule has 0 radical (unpaired) electrons. The summed E-state index contributed by atoms with van der Waals surface area (Å²) in [5.74, 6) is 0.517. The summed E-state index contributed by atoms with van der Waals surface area (Å²) in [5.41, 5.74) is 2.48. The summed E-state index contributed by atoms with van der Waals surface area (Å²) in [6.45, 7) is 5.51. The minimum Gasteiger partial charge on any atom is -0.497 e. The first kappa shape index (κ1) is 17.7. The number of furan rings is 1. The van der Waals surface area contributed by atoms with E-state index in [0.717, 1.165) is 10.9 Å². The fraction of sp³-hybridized carbons (Fsp3) is 0.238. The van der Waals surface area contributed by atoms with Gasteiger partial charge in [-0.1, -0.05) is 26.0 Å². The minimum atomic E-state index is -0.203. The molecule has 1 amide bonds. The van der Waals surface area contributed by atoms with Crippen LogP contribution in [0.2, 0.25) is 0 Å². The van der Waals surface area contributed by atoms with Gasteiger partial charge in [0.15, 0.2) is 5.76 Å². The Morgan fingerprint density at radius 1 is 1.12 bits per heavy atom. The second-order valence-corrected chi connectivity index (χ2v) is 6.47. The van der Waals surface area contributed by atoms with Crippen LogP contribution >= 0.6 is 0 Å². The number of hydrogen-bond acceptors (Lipinski definition) is 4. The number of rotatable bonds is 5. The van der Waals surface area contributed by atoms with Gasteiger partial charge in [-0.25, -0.2) is 0 Å². The van der Waals surface area contributed by atoms with E-state index in [0.29, 0.717) is 28.3 Å². The monoisotopic (exact) mass is 351 g/mol. The van der Waals surface area contributed by atoms with Crippen molar-refractivity contribution < 1.29 is 18.7 Å². The average Bonchev–Trinajstić information content (AvgIpc) is 2.97. The van der Waals surface area contributed by atoms with Crippen molar-refractivity contribution in [3.05, 3.63) is 59.4 Å². The van der Waals surface area contributed by atoms with Crippen molar-refractivity contribution in [2.24, 2.45) is 5.92 Å². The second kappa shape index (κ2) is 7.04. The molecule has 1 heterocycles. The Labute approximate surface area is 152 Å². The number of hydrogen-bond donors (Lipinski definition) is 1. The fourth-order valence-electron chi connectivity index (χ4n) is 2.70. The van der Waals surface area contributed by atoms with E-state index in [1.165, 1.54) is 0 Å². The van der Waals surface area contributed by atoms with Gasteiger partial charge in [-0.05, 0) is 31.2 Å². The highest BCUT2D eigenvalue weighted by Crippen LogP contribution is 2.30. The summed E-state index contributed by atoms with van der Waals surface area (Å²) in [5, 5.41) is 3.68. The molecule has 1 N–H and O–H groups in total. The van der Waals surface area contributed by atoms with E-state index >= 15 is 0 Å². The number of ether oxygens (including phenoxy) is 1. The van der Waals surface area contributed by atoms with Crippen molar-refractivity contribution in [1.82, 2.24) is 0 Å². The van der Waals surface area contributed by atoms with Crippen LogP contribution in [-0.2, 0) is 4.79 Å². The van der Waals surface area contributed by atoms with Crippen molar-refractivity contribution in [2.45, 2.75) is 20.8 Å². The number of carbonyl (C=O) groups is 2.